The Hall–Kier alpha value is -1.86. The number of carbonyl (C=O) groups is 2. The van der Waals surface area contributed by atoms with Gasteiger partial charge in [-0.3, -0.25) is 19.9 Å². The van der Waals surface area contributed by atoms with Crippen molar-refractivity contribution in [3.8, 4) is 0 Å². The van der Waals surface area contributed by atoms with Crippen molar-refractivity contribution < 1.29 is 14.0 Å². The van der Waals surface area contributed by atoms with Crippen LogP contribution in [0.2, 0.25) is 0 Å². The molecule has 0 aliphatic carbocycles. The molecular weight excluding hydrogens is 260 g/mol. The topological polar surface area (TPSA) is 115 Å². The highest BCUT2D eigenvalue weighted by Gasteiger charge is 2.30. The van der Waals surface area contributed by atoms with E-state index < -0.39 is 0 Å². The summed E-state index contributed by atoms with van der Waals surface area (Å²) < 4.78 is 5.36. The van der Waals surface area contributed by atoms with Crippen molar-refractivity contribution >= 4 is 11.8 Å². The lowest BCUT2D eigenvalue weighted by Crippen LogP contribution is -2.45. The van der Waals surface area contributed by atoms with Crippen LogP contribution in [0.4, 0.5) is 0 Å². The third-order valence-corrected chi connectivity index (χ3v) is 3.88. The zero-order valence-corrected chi connectivity index (χ0v) is 11.5. The van der Waals surface area contributed by atoms with E-state index in [1.165, 1.54) is 6.26 Å². The highest BCUT2D eigenvalue weighted by molar-refractivity contribution is 5.94. The lowest BCUT2D eigenvalue weighted by molar-refractivity contribution is -0.124. The number of primary amides is 1. The Balaban J connectivity index is 2.10. The first-order chi connectivity index (χ1) is 9.52. The van der Waals surface area contributed by atoms with Gasteiger partial charge in [-0.1, -0.05) is 0 Å². The van der Waals surface area contributed by atoms with Gasteiger partial charge in [-0.2, -0.15) is 0 Å². The standard InChI is InChI=1S/C13H20N4O3/c1-8-2-3-9(12(14)18)6-17(8)7-11-10(4-5-20-11)13(19)16-15/h4-5,8-9H,2-3,6-7,15H2,1H3,(H2,14,18)(H,16,19). The summed E-state index contributed by atoms with van der Waals surface area (Å²) in [6.07, 6.45) is 3.16. The number of likely N-dealkylation sites (tertiary alicyclic amines) is 1. The van der Waals surface area contributed by atoms with E-state index in [4.69, 9.17) is 16.0 Å². The van der Waals surface area contributed by atoms with E-state index in [0.717, 1.165) is 12.8 Å². The van der Waals surface area contributed by atoms with Gasteiger partial charge in [-0.25, -0.2) is 5.84 Å². The smallest absolute Gasteiger partial charge is 0.268 e. The van der Waals surface area contributed by atoms with Gasteiger partial charge in [-0.15, -0.1) is 0 Å². The average molecular weight is 280 g/mol. The Labute approximate surface area is 117 Å². The van der Waals surface area contributed by atoms with Crippen molar-refractivity contribution in [1.82, 2.24) is 10.3 Å². The Morgan fingerprint density at radius 1 is 1.50 bits per heavy atom. The molecule has 20 heavy (non-hydrogen) atoms. The van der Waals surface area contributed by atoms with E-state index >= 15 is 0 Å². The van der Waals surface area contributed by atoms with Gasteiger partial charge in [-0.05, 0) is 25.8 Å². The second-order valence-electron chi connectivity index (χ2n) is 5.19. The van der Waals surface area contributed by atoms with E-state index in [9.17, 15) is 9.59 Å². The number of nitrogen functional groups attached to an aromatic ring is 1. The van der Waals surface area contributed by atoms with Crippen LogP contribution in [0, 0.1) is 5.92 Å². The van der Waals surface area contributed by atoms with Crippen LogP contribution in [-0.4, -0.2) is 29.3 Å². The number of amides is 2. The van der Waals surface area contributed by atoms with Crippen LogP contribution in [0.5, 0.6) is 0 Å². The van der Waals surface area contributed by atoms with Gasteiger partial charge >= 0.3 is 0 Å². The number of hydrazine groups is 1. The largest absolute Gasteiger partial charge is 0.467 e. The molecule has 0 aromatic carbocycles. The molecule has 1 aliphatic rings. The predicted molar refractivity (Wildman–Crippen MR) is 72.2 cm³/mol. The molecule has 0 bridgehead atoms. The lowest BCUT2D eigenvalue weighted by atomic mass is 9.93. The second-order valence-corrected chi connectivity index (χ2v) is 5.19. The molecule has 7 heteroatoms. The number of nitrogens with zero attached hydrogens (tertiary/aromatic N) is 1. The Bertz CT molecular complexity index is 500. The monoisotopic (exact) mass is 280 g/mol. The number of carbonyl (C=O) groups excluding carboxylic acids is 2. The molecule has 7 nitrogen and oxygen atoms in total. The molecule has 1 aliphatic heterocycles. The summed E-state index contributed by atoms with van der Waals surface area (Å²) >= 11 is 0. The average Bonchev–Trinajstić information content (AvgIpc) is 2.88. The maximum absolute atomic E-state index is 11.6. The van der Waals surface area contributed by atoms with Crippen LogP contribution in [0.1, 0.15) is 35.9 Å². The van der Waals surface area contributed by atoms with E-state index in [2.05, 4.69) is 17.2 Å². The first-order valence-corrected chi connectivity index (χ1v) is 6.63. The fourth-order valence-corrected chi connectivity index (χ4v) is 2.56. The second kappa shape index (κ2) is 6.06. The van der Waals surface area contributed by atoms with Gasteiger partial charge < -0.3 is 10.2 Å². The van der Waals surface area contributed by atoms with Crippen LogP contribution in [0.25, 0.3) is 0 Å². The van der Waals surface area contributed by atoms with Crippen molar-refractivity contribution in [3.63, 3.8) is 0 Å². The third-order valence-electron chi connectivity index (χ3n) is 3.88. The normalized spacial score (nSPS) is 23.5. The molecule has 2 rings (SSSR count). The number of furan rings is 1. The Kier molecular flexibility index (Phi) is 4.41. The number of hydrogen-bond donors (Lipinski definition) is 3. The minimum atomic E-state index is -0.384. The fraction of sp³-hybridized carbons (Fsp3) is 0.538. The summed E-state index contributed by atoms with van der Waals surface area (Å²) in [6, 6.07) is 1.89. The number of piperidine rings is 1. The molecule has 110 valence electrons. The van der Waals surface area contributed by atoms with E-state index in [0.29, 0.717) is 30.5 Å². The highest BCUT2D eigenvalue weighted by atomic mass is 16.3. The van der Waals surface area contributed by atoms with Crippen molar-refractivity contribution in [2.75, 3.05) is 6.54 Å². The van der Waals surface area contributed by atoms with E-state index in [1.807, 2.05) is 0 Å². The maximum atomic E-state index is 11.6. The summed E-state index contributed by atoms with van der Waals surface area (Å²) in [5, 5.41) is 0. The molecule has 1 aromatic rings. The molecule has 1 saturated heterocycles. The first kappa shape index (κ1) is 14.5. The van der Waals surface area contributed by atoms with Gasteiger partial charge in [0.1, 0.15) is 5.76 Å². The molecule has 5 N–H and O–H groups in total. The predicted octanol–water partition coefficient (Wildman–Crippen LogP) is -0.0311. The Morgan fingerprint density at radius 2 is 2.25 bits per heavy atom. The SMILES string of the molecule is CC1CCC(C(N)=O)CN1Cc1occc1C(=O)NN. The number of rotatable bonds is 4. The molecule has 1 fully saturated rings. The molecule has 0 radical (unpaired) electrons. The number of nitrogens with two attached hydrogens (primary N) is 2. The van der Waals surface area contributed by atoms with Gasteiger partial charge in [0, 0.05) is 12.6 Å². The molecule has 2 heterocycles. The van der Waals surface area contributed by atoms with Crippen LogP contribution >= 0.6 is 0 Å². The van der Waals surface area contributed by atoms with E-state index in [1.54, 1.807) is 6.07 Å². The van der Waals surface area contributed by atoms with Crippen LogP contribution in [0.15, 0.2) is 16.7 Å². The minimum absolute atomic E-state index is 0.145. The van der Waals surface area contributed by atoms with Crippen LogP contribution < -0.4 is 17.0 Å². The van der Waals surface area contributed by atoms with Crippen molar-refractivity contribution in [3.05, 3.63) is 23.7 Å². The number of hydrogen-bond acceptors (Lipinski definition) is 5. The van der Waals surface area contributed by atoms with E-state index in [-0.39, 0.29) is 17.7 Å². The molecule has 0 spiro atoms. The fourth-order valence-electron chi connectivity index (χ4n) is 2.56. The van der Waals surface area contributed by atoms with Crippen molar-refractivity contribution in [1.29, 1.82) is 0 Å². The quantitative estimate of drug-likeness (QED) is 0.407. The Morgan fingerprint density at radius 3 is 2.90 bits per heavy atom. The molecule has 0 saturated carbocycles. The molecule has 1 aromatic heterocycles. The summed E-state index contributed by atoms with van der Waals surface area (Å²) in [7, 11) is 0. The van der Waals surface area contributed by atoms with Crippen LogP contribution in [-0.2, 0) is 11.3 Å². The minimum Gasteiger partial charge on any atom is -0.467 e. The molecule has 2 amide bonds. The zero-order chi connectivity index (χ0) is 14.7. The first-order valence-electron chi connectivity index (χ1n) is 6.63. The summed E-state index contributed by atoms with van der Waals surface area (Å²) in [5.74, 6) is 4.88. The van der Waals surface area contributed by atoms with Crippen molar-refractivity contribution in [2.24, 2.45) is 17.5 Å². The van der Waals surface area contributed by atoms with Gasteiger partial charge in [0.05, 0.1) is 24.3 Å². The van der Waals surface area contributed by atoms with Gasteiger partial charge in [0.25, 0.3) is 5.91 Å². The summed E-state index contributed by atoms with van der Waals surface area (Å²) in [5.41, 5.74) is 7.89. The van der Waals surface area contributed by atoms with Crippen LogP contribution in [0.3, 0.4) is 0 Å². The highest BCUT2D eigenvalue weighted by Crippen LogP contribution is 2.24. The number of nitrogens with one attached hydrogen (secondary N) is 1. The maximum Gasteiger partial charge on any atom is 0.268 e. The van der Waals surface area contributed by atoms with Crippen molar-refractivity contribution in [2.45, 2.75) is 32.4 Å². The zero-order valence-electron chi connectivity index (χ0n) is 11.5. The van der Waals surface area contributed by atoms with Gasteiger partial charge in [0.15, 0.2) is 0 Å². The summed E-state index contributed by atoms with van der Waals surface area (Å²) in [6.45, 7) is 3.13. The molecule has 2 atom stereocenters. The lowest BCUT2D eigenvalue weighted by Gasteiger charge is -2.36. The molecule has 2 unspecified atom stereocenters. The third kappa shape index (κ3) is 3.00. The summed E-state index contributed by atoms with van der Waals surface area (Å²) in [4.78, 5) is 25.0. The molecular formula is C13H20N4O3. The van der Waals surface area contributed by atoms with Gasteiger partial charge in [0.2, 0.25) is 5.91 Å².